The second-order valence-corrected chi connectivity index (χ2v) is 3.59. The molecule has 88 valence electrons. The Bertz CT molecular complexity index is 340. The summed E-state index contributed by atoms with van der Waals surface area (Å²) in [5.74, 6) is 0.393. The highest BCUT2D eigenvalue weighted by Crippen LogP contribution is 2.22. The van der Waals surface area contributed by atoms with Crippen LogP contribution in [0.2, 0.25) is 0 Å². The van der Waals surface area contributed by atoms with E-state index >= 15 is 0 Å². The molecule has 2 N–H and O–H groups in total. The van der Waals surface area contributed by atoms with Crippen LogP contribution in [0.15, 0.2) is 24.3 Å². The molecular formula is C11H14ClNO3. The van der Waals surface area contributed by atoms with E-state index in [-0.39, 0.29) is 19.1 Å². The summed E-state index contributed by atoms with van der Waals surface area (Å²) in [5, 5.41) is 10.3. The van der Waals surface area contributed by atoms with Crippen molar-refractivity contribution in [3.8, 4) is 5.75 Å². The predicted octanol–water partition coefficient (Wildman–Crippen LogP) is 1.08. The molecule has 1 unspecified atom stereocenters. The second-order valence-electron chi connectivity index (χ2n) is 3.15. The average Bonchev–Trinajstić information content (AvgIpc) is 2.35. The molecule has 0 spiro atoms. The summed E-state index contributed by atoms with van der Waals surface area (Å²) in [6.45, 7) is 0.107. The van der Waals surface area contributed by atoms with E-state index in [0.29, 0.717) is 11.3 Å². The van der Waals surface area contributed by atoms with Gasteiger partial charge in [-0.3, -0.25) is 4.79 Å². The number of ether oxygens (including phenoxy) is 1. The first-order valence-electron chi connectivity index (χ1n) is 4.85. The third-order valence-electron chi connectivity index (χ3n) is 2.05. The molecule has 1 aromatic carbocycles. The zero-order valence-corrected chi connectivity index (χ0v) is 9.70. The van der Waals surface area contributed by atoms with Crippen LogP contribution in [0.1, 0.15) is 10.9 Å². The van der Waals surface area contributed by atoms with Gasteiger partial charge in [0.2, 0.25) is 5.91 Å². The van der Waals surface area contributed by atoms with E-state index in [1.807, 2.05) is 0 Å². The maximum Gasteiger partial charge on any atom is 0.242 e. The summed E-state index contributed by atoms with van der Waals surface area (Å²) in [6.07, 6.45) is 0. The van der Waals surface area contributed by atoms with Gasteiger partial charge < -0.3 is 15.2 Å². The number of hydrogen-bond donors (Lipinski definition) is 2. The van der Waals surface area contributed by atoms with Gasteiger partial charge in [0.1, 0.15) is 11.1 Å². The molecule has 1 atom stereocenters. The Morgan fingerprint density at radius 3 is 2.62 bits per heavy atom. The Kier molecular flexibility index (Phi) is 5.08. The summed E-state index contributed by atoms with van der Waals surface area (Å²) in [4.78, 5) is 11.5. The molecule has 0 heterocycles. The number of methoxy groups -OCH3 is 1. The van der Waals surface area contributed by atoms with Crippen LogP contribution in [-0.4, -0.2) is 31.3 Å². The monoisotopic (exact) mass is 243 g/mol. The third kappa shape index (κ3) is 3.40. The summed E-state index contributed by atoms with van der Waals surface area (Å²) in [5.41, 5.74) is 0.693. The highest BCUT2D eigenvalue weighted by Gasteiger charge is 2.16. The summed E-state index contributed by atoms with van der Waals surface area (Å²) in [7, 11) is 1.57. The van der Waals surface area contributed by atoms with Crippen molar-refractivity contribution < 1.29 is 14.6 Å². The molecule has 5 heteroatoms. The number of nitrogens with one attached hydrogen (secondary N) is 1. The maximum absolute atomic E-state index is 11.5. The molecule has 0 fully saturated rings. The number of halogens is 1. The fraction of sp³-hybridized carbons (Fsp3) is 0.364. The van der Waals surface area contributed by atoms with E-state index in [4.69, 9.17) is 21.4 Å². The minimum Gasteiger partial charge on any atom is -0.497 e. The van der Waals surface area contributed by atoms with Crippen molar-refractivity contribution in [2.45, 2.75) is 5.38 Å². The van der Waals surface area contributed by atoms with E-state index < -0.39 is 5.38 Å². The lowest BCUT2D eigenvalue weighted by atomic mass is 10.1. The van der Waals surface area contributed by atoms with Crippen LogP contribution >= 0.6 is 11.6 Å². The van der Waals surface area contributed by atoms with Crippen molar-refractivity contribution >= 4 is 17.5 Å². The van der Waals surface area contributed by atoms with Gasteiger partial charge in [0.05, 0.1) is 13.7 Å². The molecule has 0 aliphatic heterocycles. The zero-order valence-electron chi connectivity index (χ0n) is 8.94. The van der Waals surface area contributed by atoms with Crippen molar-refractivity contribution in [3.63, 3.8) is 0 Å². The number of aliphatic hydroxyl groups excluding tert-OH is 1. The number of aliphatic hydroxyl groups is 1. The number of alkyl halides is 1. The predicted molar refractivity (Wildman–Crippen MR) is 61.7 cm³/mol. The Balaban J connectivity index is 2.64. The van der Waals surface area contributed by atoms with Crippen LogP contribution in [0, 0.1) is 0 Å². The molecule has 1 amide bonds. The van der Waals surface area contributed by atoms with Gasteiger partial charge in [0.15, 0.2) is 0 Å². The Morgan fingerprint density at radius 1 is 1.50 bits per heavy atom. The van der Waals surface area contributed by atoms with Gasteiger partial charge in [-0.1, -0.05) is 12.1 Å². The van der Waals surface area contributed by atoms with Crippen molar-refractivity contribution in [2.24, 2.45) is 0 Å². The summed E-state index contributed by atoms with van der Waals surface area (Å²) < 4.78 is 5.00. The first-order valence-corrected chi connectivity index (χ1v) is 5.29. The van der Waals surface area contributed by atoms with Crippen LogP contribution in [0.3, 0.4) is 0 Å². The van der Waals surface area contributed by atoms with Crippen molar-refractivity contribution in [1.29, 1.82) is 0 Å². The summed E-state index contributed by atoms with van der Waals surface area (Å²) in [6, 6.07) is 6.94. The minimum atomic E-state index is -0.752. The van der Waals surface area contributed by atoms with E-state index in [1.165, 1.54) is 0 Å². The number of carbonyl (C=O) groups excluding carboxylic acids is 1. The third-order valence-corrected chi connectivity index (χ3v) is 2.50. The zero-order chi connectivity index (χ0) is 12.0. The van der Waals surface area contributed by atoms with Gasteiger partial charge in [-0.05, 0) is 17.7 Å². The van der Waals surface area contributed by atoms with Crippen LogP contribution in [0.5, 0.6) is 5.75 Å². The smallest absolute Gasteiger partial charge is 0.242 e. The average molecular weight is 244 g/mol. The SMILES string of the molecule is COc1ccc(C(Cl)C(=O)NCCO)cc1. The van der Waals surface area contributed by atoms with Crippen LogP contribution in [0.4, 0.5) is 0 Å². The molecule has 0 saturated carbocycles. The van der Waals surface area contributed by atoms with Gasteiger partial charge in [0, 0.05) is 6.54 Å². The maximum atomic E-state index is 11.5. The number of benzene rings is 1. The lowest BCUT2D eigenvalue weighted by molar-refractivity contribution is -0.121. The van der Waals surface area contributed by atoms with Gasteiger partial charge in [-0.2, -0.15) is 0 Å². The van der Waals surface area contributed by atoms with Gasteiger partial charge >= 0.3 is 0 Å². The van der Waals surface area contributed by atoms with E-state index in [2.05, 4.69) is 5.32 Å². The highest BCUT2D eigenvalue weighted by molar-refractivity contribution is 6.30. The van der Waals surface area contributed by atoms with Crippen LogP contribution < -0.4 is 10.1 Å². The highest BCUT2D eigenvalue weighted by atomic mass is 35.5. The molecule has 0 saturated heterocycles. The lowest BCUT2D eigenvalue weighted by Gasteiger charge is -2.10. The fourth-order valence-electron chi connectivity index (χ4n) is 1.19. The molecule has 1 aromatic rings. The lowest BCUT2D eigenvalue weighted by Crippen LogP contribution is -2.29. The van der Waals surface area contributed by atoms with Crippen LogP contribution in [0.25, 0.3) is 0 Å². The van der Waals surface area contributed by atoms with Crippen molar-refractivity contribution in [1.82, 2.24) is 5.32 Å². The largest absolute Gasteiger partial charge is 0.497 e. The standard InChI is InChI=1S/C11H14ClNO3/c1-16-9-4-2-8(3-5-9)10(12)11(15)13-6-7-14/h2-5,10,14H,6-7H2,1H3,(H,13,15). The molecule has 0 radical (unpaired) electrons. The number of hydrogen-bond acceptors (Lipinski definition) is 3. The molecular weight excluding hydrogens is 230 g/mol. The summed E-state index contributed by atoms with van der Waals surface area (Å²) >= 11 is 5.95. The second kappa shape index (κ2) is 6.35. The van der Waals surface area contributed by atoms with Gasteiger partial charge in [0.25, 0.3) is 0 Å². The van der Waals surface area contributed by atoms with E-state index in [1.54, 1.807) is 31.4 Å². The van der Waals surface area contributed by atoms with E-state index in [9.17, 15) is 4.79 Å². The van der Waals surface area contributed by atoms with Gasteiger partial charge in [-0.15, -0.1) is 11.6 Å². The fourth-order valence-corrected chi connectivity index (χ4v) is 1.42. The number of carbonyl (C=O) groups is 1. The minimum absolute atomic E-state index is 0.0992. The number of rotatable bonds is 5. The van der Waals surface area contributed by atoms with Crippen molar-refractivity contribution in [2.75, 3.05) is 20.3 Å². The molecule has 0 aliphatic carbocycles. The Hall–Kier alpha value is -1.26. The number of amides is 1. The Morgan fingerprint density at radius 2 is 2.12 bits per heavy atom. The van der Waals surface area contributed by atoms with Crippen LogP contribution in [-0.2, 0) is 4.79 Å². The van der Waals surface area contributed by atoms with E-state index in [0.717, 1.165) is 0 Å². The topological polar surface area (TPSA) is 58.6 Å². The molecule has 1 rings (SSSR count). The van der Waals surface area contributed by atoms with Gasteiger partial charge in [-0.25, -0.2) is 0 Å². The molecule has 16 heavy (non-hydrogen) atoms. The first-order chi connectivity index (χ1) is 7.69. The quantitative estimate of drug-likeness (QED) is 0.761. The molecule has 0 aromatic heterocycles. The first kappa shape index (κ1) is 12.8. The Labute approximate surface area is 99.2 Å². The normalized spacial score (nSPS) is 11.9. The molecule has 4 nitrogen and oxygen atoms in total. The molecule has 0 aliphatic rings. The van der Waals surface area contributed by atoms with Crippen molar-refractivity contribution in [3.05, 3.63) is 29.8 Å². The molecule has 0 bridgehead atoms.